The fourth-order valence-electron chi connectivity index (χ4n) is 4.09. The Labute approximate surface area is 212 Å². The van der Waals surface area contributed by atoms with Crippen LogP contribution in [0, 0.1) is 20.2 Å². The summed E-state index contributed by atoms with van der Waals surface area (Å²) in [4.78, 5) is 21.8. The summed E-state index contributed by atoms with van der Waals surface area (Å²) in [5.74, 6) is 0. The number of nitro benzene ring substituents is 2. The third-order valence-corrected chi connectivity index (χ3v) is 5.86. The van der Waals surface area contributed by atoms with Gasteiger partial charge >= 0.3 is 0 Å². The second kappa shape index (κ2) is 10.1. The van der Waals surface area contributed by atoms with Crippen molar-refractivity contribution in [1.29, 1.82) is 0 Å². The molecule has 0 radical (unpaired) electrons. The van der Waals surface area contributed by atoms with Crippen molar-refractivity contribution in [3.63, 3.8) is 0 Å². The summed E-state index contributed by atoms with van der Waals surface area (Å²) in [6.07, 6.45) is 0. The van der Waals surface area contributed by atoms with Crippen LogP contribution in [0.1, 0.15) is 0 Å². The maximum atomic E-state index is 11.8. The maximum Gasteiger partial charge on any atom is 0.276 e. The Balaban J connectivity index is 1.79. The summed E-state index contributed by atoms with van der Waals surface area (Å²) in [5.41, 5.74) is 8.94. The number of hydrogen-bond donors (Lipinski definition) is 0. The van der Waals surface area contributed by atoms with E-state index in [1.54, 1.807) is 4.68 Å². The molecule has 0 N–H and O–H groups in total. The van der Waals surface area contributed by atoms with E-state index in [1.165, 1.54) is 12.1 Å². The van der Waals surface area contributed by atoms with Crippen LogP contribution in [0.2, 0.25) is 0 Å². The molecule has 1 aromatic heterocycles. The highest BCUT2D eigenvalue weighted by Crippen LogP contribution is 2.36. The molecule has 0 aliphatic rings. The number of pyridine rings is 1. The Kier molecular flexibility index (Phi) is 6.37. The number of aromatic nitrogens is 1. The van der Waals surface area contributed by atoms with Crippen molar-refractivity contribution in [2.45, 2.75) is 0 Å². The Bertz CT molecular complexity index is 1530. The molecular formula is C29H20N4O4. The number of nitrogens with zero attached hydrogens (tertiary/aromatic N) is 4. The first-order chi connectivity index (χ1) is 18.0. The molecule has 0 saturated heterocycles. The first-order valence-corrected chi connectivity index (χ1v) is 11.4. The van der Waals surface area contributed by atoms with Crippen LogP contribution in [0.15, 0.2) is 121 Å². The first-order valence-electron chi connectivity index (χ1n) is 11.4. The molecule has 0 saturated carbocycles. The van der Waals surface area contributed by atoms with Gasteiger partial charge in [0.2, 0.25) is 11.4 Å². The molecule has 0 fully saturated rings. The van der Waals surface area contributed by atoms with Gasteiger partial charge in [-0.1, -0.05) is 72.8 Å². The van der Waals surface area contributed by atoms with E-state index in [0.717, 1.165) is 28.3 Å². The number of rotatable bonds is 7. The van der Waals surface area contributed by atoms with Crippen LogP contribution in [-0.4, -0.2) is 9.85 Å². The molecular weight excluding hydrogens is 468 g/mol. The number of non-ortho nitro benzene ring substituents is 1. The molecule has 180 valence electrons. The zero-order valence-corrected chi connectivity index (χ0v) is 19.5. The standard InChI is InChI=1S/C29H20N4O4/c34-32(35)25-16-17-26(29(20-25)33(36)37)30-31-27(22-12-6-2-7-13-22)18-24(21-10-4-1-5-11-21)19-28(31)23-14-8-3-9-15-23/h1-20H. The first kappa shape index (κ1) is 23.4. The third kappa shape index (κ3) is 4.89. The van der Waals surface area contributed by atoms with Gasteiger partial charge < -0.3 is 5.43 Å². The second-order valence-corrected chi connectivity index (χ2v) is 8.21. The third-order valence-electron chi connectivity index (χ3n) is 5.86. The van der Waals surface area contributed by atoms with Crippen LogP contribution in [0.5, 0.6) is 0 Å². The molecule has 0 aliphatic carbocycles. The van der Waals surface area contributed by atoms with Crippen molar-refractivity contribution in [1.82, 2.24) is 0 Å². The van der Waals surface area contributed by atoms with Crippen LogP contribution in [-0.2, 0) is 0 Å². The lowest BCUT2D eigenvalue weighted by molar-refractivity contribution is -0.596. The Morgan fingerprint density at radius 3 is 1.49 bits per heavy atom. The average molecular weight is 489 g/mol. The fraction of sp³-hybridized carbons (Fsp3) is 0. The van der Waals surface area contributed by atoms with E-state index in [1.807, 2.05) is 103 Å². The number of hydrogen-bond acceptors (Lipinski definition) is 4. The Morgan fingerprint density at radius 1 is 0.541 bits per heavy atom. The fourth-order valence-corrected chi connectivity index (χ4v) is 4.09. The molecule has 8 nitrogen and oxygen atoms in total. The van der Waals surface area contributed by atoms with Gasteiger partial charge in [-0.15, -0.1) is 0 Å². The van der Waals surface area contributed by atoms with Crippen molar-refractivity contribution in [3.8, 4) is 33.6 Å². The van der Waals surface area contributed by atoms with Crippen molar-refractivity contribution < 1.29 is 14.5 Å². The molecule has 0 bridgehead atoms. The molecule has 4 aromatic carbocycles. The lowest BCUT2D eigenvalue weighted by Gasteiger charge is -2.21. The highest BCUT2D eigenvalue weighted by Gasteiger charge is 2.22. The van der Waals surface area contributed by atoms with Crippen LogP contribution in [0.25, 0.3) is 39.1 Å². The van der Waals surface area contributed by atoms with Gasteiger partial charge in [-0.3, -0.25) is 20.2 Å². The molecule has 5 aromatic rings. The lowest BCUT2D eigenvalue weighted by atomic mass is 9.99. The highest BCUT2D eigenvalue weighted by atomic mass is 16.6. The topological polar surface area (TPSA) is 104 Å². The van der Waals surface area contributed by atoms with E-state index in [0.29, 0.717) is 11.4 Å². The van der Waals surface area contributed by atoms with Crippen LogP contribution in [0.3, 0.4) is 0 Å². The SMILES string of the molecule is O=[N+]([O-])c1ccc([N-][n+]2c(-c3ccccc3)cc(-c3ccccc3)cc2-c2ccccc2)c([N+](=O)[O-])c1. The van der Waals surface area contributed by atoms with Gasteiger partial charge in [0, 0.05) is 29.3 Å². The smallest absolute Gasteiger partial charge is 0.276 e. The van der Waals surface area contributed by atoms with E-state index in [4.69, 9.17) is 5.43 Å². The molecule has 37 heavy (non-hydrogen) atoms. The molecule has 0 unspecified atom stereocenters. The minimum absolute atomic E-state index is 0.00224. The molecule has 1 heterocycles. The summed E-state index contributed by atoms with van der Waals surface area (Å²) in [6.45, 7) is 0. The van der Waals surface area contributed by atoms with Gasteiger partial charge in [-0.2, -0.15) is 0 Å². The Hall–Kier alpha value is -5.37. The molecule has 8 heteroatoms. The number of benzene rings is 4. The number of nitro groups is 2. The zero-order chi connectivity index (χ0) is 25.8. The minimum atomic E-state index is -0.663. The van der Waals surface area contributed by atoms with E-state index >= 15 is 0 Å². The zero-order valence-electron chi connectivity index (χ0n) is 19.5. The van der Waals surface area contributed by atoms with Crippen LogP contribution in [0.4, 0.5) is 17.1 Å². The van der Waals surface area contributed by atoms with Gasteiger partial charge in [-0.25, -0.2) is 4.68 Å². The summed E-state index contributed by atoms with van der Waals surface area (Å²) in [5, 5.41) is 23.1. The van der Waals surface area contributed by atoms with E-state index in [9.17, 15) is 20.2 Å². The molecule has 5 rings (SSSR count). The van der Waals surface area contributed by atoms with Gasteiger partial charge in [-0.05, 0) is 41.1 Å². The quantitative estimate of drug-likeness (QED) is 0.137. The van der Waals surface area contributed by atoms with E-state index in [2.05, 4.69) is 0 Å². The van der Waals surface area contributed by atoms with E-state index in [-0.39, 0.29) is 11.4 Å². The van der Waals surface area contributed by atoms with Gasteiger partial charge in [0.1, 0.15) is 0 Å². The molecule has 0 amide bonds. The molecule has 0 atom stereocenters. The highest BCUT2D eigenvalue weighted by molar-refractivity contribution is 5.75. The van der Waals surface area contributed by atoms with Gasteiger partial charge in [0.05, 0.1) is 15.9 Å². The molecule has 0 spiro atoms. The Morgan fingerprint density at radius 2 is 1.03 bits per heavy atom. The largest absolute Gasteiger partial charge is 0.397 e. The predicted octanol–water partition coefficient (Wildman–Crippen LogP) is 7.26. The summed E-state index contributed by atoms with van der Waals surface area (Å²) in [7, 11) is 0. The van der Waals surface area contributed by atoms with Crippen LogP contribution < -0.4 is 4.68 Å². The second-order valence-electron chi connectivity index (χ2n) is 8.21. The van der Waals surface area contributed by atoms with Crippen molar-refractivity contribution in [2.24, 2.45) is 0 Å². The minimum Gasteiger partial charge on any atom is -0.397 e. The molecule has 0 aliphatic heterocycles. The lowest BCUT2D eigenvalue weighted by Crippen LogP contribution is -2.34. The predicted molar refractivity (Wildman–Crippen MR) is 141 cm³/mol. The summed E-state index contributed by atoms with van der Waals surface area (Å²) in [6, 6.07) is 36.5. The normalized spacial score (nSPS) is 10.6. The van der Waals surface area contributed by atoms with Gasteiger partial charge in [0.15, 0.2) is 0 Å². The summed E-state index contributed by atoms with van der Waals surface area (Å²) < 4.78 is 1.66. The van der Waals surface area contributed by atoms with Crippen LogP contribution >= 0.6 is 0 Å². The van der Waals surface area contributed by atoms with Gasteiger partial charge in [0.25, 0.3) is 11.4 Å². The van der Waals surface area contributed by atoms with E-state index < -0.39 is 15.5 Å². The van der Waals surface area contributed by atoms with Crippen molar-refractivity contribution >= 4 is 17.1 Å². The van der Waals surface area contributed by atoms with Crippen molar-refractivity contribution in [2.75, 3.05) is 0 Å². The maximum absolute atomic E-state index is 11.8. The monoisotopic (exact) mass is 488 g/mol. The average Bonchev–Trinajstić information content (AvgIpc) is 2.94. The van der Waals surface area contributed by atoms with Crippen molar-refractivity contribution in [3.05, 3.63) is 147 Å². The summed E-state index contributed by atoms with van der Waals surface area (Å²) >= 11 is 0.